The summed E-state index contributed by atoms with van der Waals surface area (Å²) in [5, 5.41) is 3.46. The Morgan fingerprint density at radius 2 is 2.25 bits per heavy atom. The smallest absolute Gasteiger partial charge is 0.0415 e. The first-order chi connectivity index (χ1) is 5.79. The van der Waals surface area contributed by atoms with Gasteiger partial charge in [-0.2, -0.15) is 0 Å². The van der Waals surface area contributed by atoms with E-state index in [1.165, 1.54) is 31.6 Å². The van der Waals surface area contributed by atoms with Crippen LogP contribution in [0.1, 0.15) is 26.7 Å². The second-order valence-corrected chi connectivity index (χ2v) is 3.96. The molecule has 2 rings (SSSR count). The van der Waals surface area contributed by atoms with Gasteiger partial charge in [0.2, 0.25) is 0 Å². The highest BCUT2D eigenvalue weighted by Crippen LogP contribution is 2.26. The first kappa shape index (κ1) is 8.11. The molecule has 0 amide bonds. The number of rotatable bonds is 0. The van der Waals surface area contributed by atoms with Gasteiger partial charge in [0.15, 0.2) is 0 Å². The number of nitrogens with zero attached hydrogens (tertiary/aromatic N) is 1. The number of hydrogen-bond acceptors (Lipinski definition) is 2. The highest BCUT2D eigenvalue weighted by molar-refractivity contribution is 5.15. The third-order valence-corrected chi connectivity index (χ3v) is 3.25. The molecular weight excluding hydrogens is 148 g/mol. The standard InChI is InChI=1S/C10H18N2/c1-8-3-4-10-7-11-5-6-12(10)9(8)2/h10-11H,3-7H2,1-2H3. The SMILES string of the molecule is CC1=C(C)N2CCNCC2CC1. The largest absolute Gasteiger partial charge is 0.370 e. The Kier molecular flexibility index (Phi) is 2.09. The van der Waals surface area contributed by atoms with E-state index < -0.39 is 0 Å². The van der Waals surface area contributed by atoms with Crippen molar-refractivity contribution in [1.29, 1.82) is 0 Å². The maximum absolute atomic E-state index is 3.46. The minimum absolute atomic E-state index is 0.780. The van der Waals surface area contributed by atoms with E-state index in [2.05, 4.69) is 24.1 Å². The summed E-state index contributed by atoms with van der Waals surface area (Å²) in [6, 6.07) is 0.780. The molecule has 1 atom stereocenters. The van der Waals surface area contributed by atoms with Crippen molar-refractivity contribution in [3.05, 3.63) is 11.3 Å². The summed E-state index contributed by atoms with van der Waals surface area (Å²) in [4.78, 5) is 2.58. The maximum Gasteiger partial charge on any atom is 0.0415 e. The van der Waals surface area contributed by atoms with Crippen LogP contribution in [0.2, 0.25) is 0 Å². The van der Waals surface area contributed by atoms with Crippen molar-refractivity contribution < 1.29 is 0 Å². The van der Waals surface area contributed by atoms with Crippen LogP contribution in [0.25, 0.3) is 0 Å². The third kappa shape index (κ3) is 1.24. The summed E-state index contributed by atoms with van der Waals surface area (Å²) in [5.74, 6) is 0. The average Bonchev–Trinajstić information content (AvgIpc) is 2.12. The number of fused-ring (bicyclic) bond motifs is 1. The fraction of sp³-hybridized carbons (Fsp3) is 0.800. The van der Waals surface area contributed by atoms with Crippen LogP contribution >= 0.6 is 0 Å². The van der Waals surface area contributed by atoms with E-state index in [1.807, 2.05) is 0 Å². The molecule has 0 saturated carbocycles. The van der Waals surface area contributed by atoms with Gasteiger partial charge in [0.1, 0.15) is 0 Å². The predicted molar refractivity (Wildman–Crippen MR) is 51.0 cm³/mol. The maximum atomic E-state index is 3.46. The Labute approximate surface area is 74.6 Å². The van der Waals surface area contributed by atoms with Crippen molar-refractivity contribution >= 4 is 0 Å². The van der Waals surface area contributed by atoms with Crippen LogP contribution in [0.15, 0.2) is 11.3 Å². The van der Waals surface area contributed by atoms with Crippen LogP contribution in [-0.4, -0.2) is 30.6 Å². The Balaban J connectivity index is 2.17. The van der Waals surface area contributed by atoms with Crippen molar-refractivity contribution in [3.63, 3.8) is 0 Å². The van der Waals surface area contributed by atoms with Crippen molar-refractivity contribution in [1.82, 2.24) is 10.2 Å². The Hall–Kier alpha value is -0.500. The number of nitrogens with one attached hydrogen (secondary N) is 1. The Morgan fingerprint density at radius 1 is 1.42 bits per heavy atom. The van der Waals surface area contributed by atoms with Crippen molar-refractivity contribution in [2.45, 2.75) is 32.7 Å². The van der Waals surface area contributed by atoms with Crippen molar-refractivity contribution in [2.24, 2.45) is 0 Å². The zero-order chi connectivity index (χ0) is 8.55. The van der Waals surface area contributed by atoms with E-state index in [0.717, 1.165) is 12.6 Å². The summed E-state index contributed by atoms with van der Waals surface area (Å²) in [5.41, 5.74) is 3.13. The molecule has 0 aliphatic carbocycles. The molecule has 0 bridgehead atoms. The molecule has 0 aromatic carbocycles. The van der Waals surface area contributed by atoms with Crippen LogP contribution in [0.4, 0.5) is 0 Å². The van der Waals surface area contributed by atoms with E-state index in [-0.39, 0.29) is 0 Å². The molecule has 2 aliphatic heterocycles. The van der Waals surface area contributed by atoms with E-state index in [0.29, 0.717) is 0 Å². The molecule has 0 aromatic rings. The molecule has 1 N–H and O–H groups in total. The van der Waals surface area contributed by atoms with E-state index in [4.69, 9.17) is 0 Å². The number of allylic oxidation sites excluding steroid dienone is 2. The van der Waals surface area contributed by atoms with Crippen LogP contribution in [0.3, 0.4) is 0 Å². The predicted octanol–water partition coefficient (Wildman–Crippen LogP) is 1.35. The fourth-order valence-electron chi connectivity index (χ4n) is 2.27. The molecule has 1 unspecified atom stereocenters. The van der Waals surface area contributed by atoms with Crippen molar-refractivity contribution in [2.75, 3.05) is 19.6 Å². The zero-order valence-electron chi connectivity index (χ0n) is 8.06. The number of hydrogen-bond donors (Lipinski definition) is 1. The Bertz CT molecular complexity index is 208. The molecule has 2 heteroatoms. The van der Waals surface area contributed by atoms with Gasteiger partial charge >= 0.3 is 0 Å². The van der Waals surface area contributed by atoms with Gasteiger partial charge in [-0.25, -0.2) is 0 Å². The molecule has 2 nitrogen and oxygen atoms in total. The second kappa shape index (κ2) is 3.09. The van der Waals surface area contributed by atoms with Gasteiger partial charge in [-0.3, -0.25) is 0 Å². The van der Waals surface area contributed by atoms with Gasteiger partial charge in [-0.15, -0.1) is 0 Å². The molecule has 1 fully saturated rings. The second-order valence-electron chi connectivity index (χ2n) is 3.96. The van der Waals surface area contributed by atoms with Gasteiger partial charge in [-0.05, 0) is 26.7 Å². The lowest BCUT2D eigenvalue weighted by Crippen LogP contribution is -2.51. The van der Waals surface area contributed by atoms with Gasteiger partial charge < -0.3 is 10.2 Å². The van der Waals surface area contributed by atoms with E-state index in [9.17, 15) is 0 Å². The summed E-state index contributed by atoms with van der Waals surface area (Å²) in [6.45, 7) is 8.08. The van der Waals surface area contributed by atoms with E-state index in [1.54, 1.807) is 5.57 Å². The van der Waals surface area contributed by atoms with Gasteiger partial charge in [0.05, 0.1) is 0 Å². The first-order valence-electron chi connectivity index (χ1n) is 4.93. The summed E-state index contributed by atoms with van der Waals surface area (Å²) in [7, 11) is 0. The lowest BCUT2D eigenvalue weighted by Gasteiger charge is -2.42. The molecular formula is C10H18N2. The monoisotopic (exact) mass is 166 g/mol. The van der Waals surface area contributed by atoms with Crippen molar-refractivity contribution in [3.8, 4) is 0 Å². The first-order valence-corrected chi connectivity index (χ1v) is 4.93. The normalized spacial score (nSPS) is 30.5. The van der Waals surface area contributed by atoms with Crippen LogP contribution < -0.4 is 5.32 Å². The lowest BCUT2D eigenvalue weighted by atomic mass is 9.96. The number of piperazine rings is 1. The molecule has 2 heterocycles. The minimum atomic E-state index is 0.780. The molecule has 2 aliphatic rings. The van der Waals surface area contributed by atoms with Crippen LogP contribution in [-0.2, 0) is 0 Å². The van der Waals surface area contributed by atoms with Gasteiger partial charge in [0, 0.05) is 31.4 Å². The fourth-order valence-corrected chi connectivity index (χ4v) is 2.27. The minimum Gasteiger partial charge on any atom is -0.370 e. The molecule has 0 radical (unpaired) electrons. The molecule has 12 heavy (non-hydrogen) atoms. The zero-order valence-corrected chi connectivity index (χ0v) is 8.06. The highest BCUT2D eigenvalue weighted by atomic mass is 15.2. The Morgan fingerprint density at radius 3 is 3.08 bits per heavy atom. The third-order valence-electron chi connectivity index (χ3n) is 3.25. The quantitative estimate of drug-likeness (QED) is 0.584. The molecule has 0 aromatic heterocycles. The summed E-state index contributed by atoms with van der Waals surface area (Å²) in [6.07, 6.45) is 2.64. The summed E-state index contributed by atoms with van der Waals surface area (Å²) < 4.78 is 0. The van der Waals surface area contributed by atoms with E-state index >= 15 is 0 Å². The molecule has 0 spiro atoms. The van der Waals surface area contributed by atoms with Crippen LogP contribution in [0.5, 0.6) is 0 Å². The molecule has 1 saturated heterocycles. The molecule has 68 valence electrons. The van der Waals surface area contributed by atoms with Crippen LogP contribution in [0, 0.1) is 0 Å². The van der Waals surface area contributed by atoms with Gasteiger partial charge in [0.25, 0.3) is 0 Å². The highest BCUT2D eigenvalue weighted by Gasteiger charge is 2.26. The average molecular weight is 166 g/mol. The lowest BCUT2D eigenvalue weighted by molar-refractivity contribution is 0.183. The summed E-state index contributed by atoms with van der Waals surface area (Å²) >= 11 is 0. The topological polar surface area (TPSA) is 15.3 Å². The van der Waals surface area contributed by atoms with Gasteiger partial charge in [-0.1, -0.05) is 5.57 Å².